The summed E-state index contributed by atoms with van der Waals surface area (Å²) in [6.07, 6.45) is 1.61. The Morgan fingerprint density at radius 2 is 2.15 bits per heavy atom. The lowest BCUT2D eigenvalue weighted by Crippen LogP contribution is -2.30. The number of hydrogen-bond donors (Lipinski definition) is 1. The molecule has 2 aromatic rings. The minimum Gasteiger partial charge on any atom is -0.489 e. The van der Waals surface area contributed by atoms with Crippen LogP contribution >= 0.6 is 11.6 Å². The van der Waals surface area contributed by atoms with Crippen LogP contribution in [0.25, 0.3) is 0 Å². The molecule has 0 amide bonds. The Bertz CT molecular complexity index is 869. The van der Waals surface area contributed by atoms with Crippen LogP contribution in [0, 0.1) is 0 Å². The van der Waals surface area contributed by atoms with E-state index in [0.717, 1.165) is 36.2 Å². The molecule has 0 saturated carbocycles. The molecule has 1 N–H and O–H groups in total. The first-order chi connectivity index (χ1) is 13.0. The van der Waals surface area contributed by atoms with E-state index in [1.54, 1.807) is 24.3 Å². The number of carboxylic acids is 1. The highest BCUT2D eigenvalue weighted by Gasteiger charge is 2.23. The molecule has 0 aliphatic carbocycles. The minimum atomic E-state index is -0.912. The highest BCUT2D eigenvalue weighted by molar-refractivity contribution is 6.30. The molecule has 0 bridgehead atoms. The molecule has 0 saturated heterocycles. The van der Waals surface area contributed by atoms with Crippen molar-refractivity contribution in [2.75, 3.05) is 24.7 Å². The van der Waals surface area contributed by atoms with Crippen LogP contribution in [0.4, 0.5) is 10.1 Å². The molecule has 0 fully saturated rings. The van der Waals surface area contributed by atoms with E-state index in [4.69, 9.17) is 16.3 Å². The van der Waals surface area contributed by atoms with Gasteiger partial charge in [0.05, 0.1) is 5.56 Å². The summed E-state index contributed by atoms with van der Waals surface area (Å²) in [5, 5.41) is 10.0. The maximum absolute atomic E-state index is 12.6. The van der Waals surface area contributed by atoms with Gasteiger partial charge in [0.15, 0.2) is 0 Å². The molecule has 3 rings (SSSR count). The first-order valence-corrected chi connectivity index (χ1v) is 9.11. The molecule has 1 aliphatic rings. The average Bonchev–Trinajstić information content (AvgIpc) is 2.66. The SMILES string of the molecule is C=C(CF)COc1ccc(Cl)cc1CN1CCCc2c(C(=O)O)cccc21. The number of aromatic carboxylic acids is 1. The van der Waals surface area contributed by atoms with Gasteiger partial charge in [-0.1, -0.05) is 24.2 Å². The Balaban J connectivity index is 1.89. The molecular weight excluding hydrogens is 369 g/mol. The average molecular weight is 390 g/mol. The van der Waals surface area contributed by atoms with Crippen molar-refractivity contribution in [3.63, 3.8) is 0 Å². The number of alkyl halides is 1. The fourth-order valence-electron chi connectivity index (χ4n) is 3.30. The molecule has 1 heterocycles. The third kappa shape index (κ3) is 4.42. The summed E-state index contributed by atoms with van der Waals surface area (Å²) >= 11 is 6.16. The van der Waals surface area contributed by atoms with Crippen LogP contribution in [0.1, 0.15) is 27.9 Å². The summed E-state index contributed by atoms with van der Waals surface area (Å²) in [6, 6.07) is 10.7. The van der Waals surface area contributed by atoms with Gasteiger partial charge in [-0.2, -0.15) is 0 Å². The Labute approximate surface area is 162 Å². The maximum Gasteiger partial charge on any atom is 0.336 e. The van der Waals surface area contributed by atoms with Crippen molar-refractivity contribution in [1.29, 1.82) is 0 Å². The lowest BCUT2D eigenvalue weighted by Gasteiger charge is -2.32. The molecule has 0 aromatic heterocycles. The standard InChI is InChI=1S/C21H21ClFNO3/c1-14(11-23)13-27-20-8-7-16(22)10-15(20)12-24-9-3-5-17-18(21(25)26)4-2-6-19(17)24/h2,4,6-8,10H,1,3,5,9,11-13H2,(H,25,26). The highest BCUT2D eigenvalue weighted by atomic mass is 35.5. The van der Waals surface area contributed by atoms with Gasteiger partial charge in [-0.3, -0.25) is 0 Å². The number of anilines is 1. The molecule has 142 valence electrons. The smallest absolute Gasteiger partial charge is 0.336 e. The van der Waals surface area contributed by atoms with Crippen molar-refractivity contribution in [3.05, 3.63) is 70.3 Å². The molecule has 27 heavy (non-hydrogen) atoms. The zero-order chi connectivity index (χ0) is 19.4. The van der Waals surface area contributed by atoms with Crippen LogP contribution in [0.2, 0.25) is 5.02 Å². The maximum atomic E-state index is 12.6. The summed E-state index contributed by atoms with van der Waals surface area (Å²) in [7, 11) is 0. The molecule has 1 aliphatic heterocycles. The summed E-state index contributed by atoms with van der Waals surface area (Å²) < 4.78 is 18.4. The lowest BCUT2D eigenvalue weighted by molar-refractivity contribution is 0.0695. The van der Waals surface area contributed by atoms with Crippen molar-refractivity contribution in [2.24, 2.45) is 0 Å². The molecule has 0 unspecified atom stereocenters. The van der Waals surface area contributed by atoms with Gasteiger partial charge < -0.3 is 14.7 Å². The van der Waals surface area contributed by atoms with Gasteiger partial charge >= 0.3 is 5.97 Å². The first-order valence-electron chi connectivity index (χ1n) is 8.73. The second kappa shape index (κ2) is 8.44. The second-order valence-electron chi connectivity index (χ2n) is 6.56. The van der Waals surface area contributed by atoms with Crippen LogP contribution in [0.5, 0.6) is 5.75 Å². The molecule has 2 aromatic carbocycles. The van der Waals surface area contributed by atoms with Gasteiger partial charge in [0, 0.05) is 29.4 Å². The van der Waals surface area contributed by atoms with E-state index >= 15 is 0 Å². The zero-order valence-electron chi connectivity index (χ0n) is 14.9. The third-order valence-corrected chi connectivity index (χ3v) is 4.82. The number of benzene rings is 2. The van der Waals surface area contributed by atoms with Gasteiger partial charge in [-0.15, -0.1) is 0 Å². The van der Waals surface area contributed by atoms with E-state index in [1.165, 1.54) is 0 Å². The summed E-state index contributed by atoms with van der Waals surface area (Å²) in [4.78, 5) is 13.7. The van der Waals surface area contributed by atoms with Crippen molar-refractivity contribution in [3.8, 4) is 5.75 Å². The fourth-order valence-corrected chi connectivity index (χ4v) is 3.50. The first kappa shape index (κ1) is 19.2. The van der Waals surface area contributed by atoms with Gasteiger partial charge in [0.2, 0.25) is 0 Å². The lowest BCUT2D eigenvalue weighted by atomic mass is 9.96. The van der Waals surface area contributed by atoms with Crippen molar-refractivity contribution >= 4 is 23.3 Å². The number of carbonyl (C=O) groups is 1. The van der Waals surface area contributed by atoms with E-state index in [1.807, 2.05) is 12.1 Å². The Hall–Kier alpha value is -2.53. The van der Waals surface area contributed by atoms with Crippen molar-refractivity contribution < 1.29 is 19.0 Å². The van der Waals surface area contributed by atoms with Crippen molar-refractivity contribution in [1.82, 2.24) is 0 Å². The van der Waals surface area contributed by atoms with Crippen LogP contribution in [0.15, 0.2) is 48.6 Å². The van der Waals surface area contributed by atoms with E-state index in [9.17, 15) is 14.3 Å². The second-order valence-corrected chi connectivity index (χ2v) is 6.99. The van der Waals surface area contributed by atoms with Crippen LogP contribution < -0.4 is 9.64 Å². The molecule has 0 spiro atoms. The number of ether oxygens (including phenoxy) is 1. The topological polar surface area (TPSA) is 49.8 Å². The minimum absolute atomic E-state index is 0.102. The summed E-state index contributed by atoms with van der Waals surface area (Å²) in [6.45, 7) is 4.42. The number of hydrogen-bond acceptors (Lipinski definition) is 3. The molecular formula is C21H21ClFNO3. The van der Waals surface area contributed by atoms with E-state index in [-0.39, 0.29) is 6.61 Å². The Morgan fingerprint density at radius 1 is 1.33 bits per heavy atom. The van der Waals surface area contributed by atoms with Crippen LogP contribution in [-0.4, -0.2) is 30.9 Å². The largest absolute Gasteiger partial charge is 0.489 e. The molecule has 4 nitrogen and oxygen atoms in total. The molecule has 0 radical (unpaired) electrons. The van der Waals surface area contributed by atoms with Gasteiger partial charge in [-0.05, 0) is 54.3 Å². The number of nitrogens with zero attached hydrogens (tertiary/aromatic N) is 1. The van der Waals surface area contributed by atoms with E-state index in [0.29, 0.717) is 28.5 Å². The monoisotopic (exact) mass is 389 g/mol. The van der Waals surface area contributed by atoms with Crippen LogP contribution in [0.3, 0.4) is 0 Å². The predicted molar refractivity (Wildman–Crippen MR) is 105 cm³/mol. The predicted octanol–water partition coefficient (Wildman–Crippen LogP) is 4.90. The fraction of sp³-hybridized carbons (Fsp3) is 0.286. The quantitative estimate of drug-likeness (QED) is 0.684. The number of halogens is 2. The third-order valence-electron chi connectivity index (χ3n) is 4.58. The van der Waals surface area contributed by atoms with Crippen molar-refractivity contribution in [2.45, 2.75) is 19.4 Å². The highest BCUT2D eigenvalue weighted by Crippen LogP contribution is 2.33. The molecule has 0 atom stereocenters. The van der Waals surface area contributed by atoms with Gasteiger partial charge in [0.25, 0.3) is 0 Å². The zero-order valence-corrected chi connectivity index (χ0v) is 15.6. The van der Waals surface area contributed by atoms with E-state index in [2.05, 4.69) is 11.5 Å². The molecule has 6 heteroatoms. The number of carboxylic acid groups (broad SMARTS) is 1. The van der Waals surface area contributed by atoms with Gasteiger partial charge in [0.1, 0.15) is 19.0 Å². The normalized spacial score (nSPS) is 13.2. The summed E-state index contributed by atoms with van der Waals surface area (Å²) in [5.41, 5.74) is 3.35. The Morgan fingerprint density at radius 3 is 2.89 bits per heavy atom. The number of fused-ring (bicyclic) bond motifs is 1. The van der Waals surface area contributed by atoms with Gasteiger partial charge in [-0.25, -0.2) is 9.18 Å². The van der Waals surface area contributed by atoms with Crippen LogP contribution in [-0.2, 0) is 13.0 Å². The summed E-state index contributed by atoms with van der Waals surface area (Å²) in [5.74, 6) is -0.291. The van der Waals surface area contributed by atoms with E-state index < -0.39 is 12.6 Å². The Kier molecular flexibility index (Phi) is 6.01. The number of rotatable bonds is 7.